The van der Waals surface area contributed by atoms with E-state index < -0.39 is 11.4 Å². The predicted molar refractivity (Wildman–Crippen MR) is 54.2 cm³/mol. The Balaban J connectivity index is 2.99. The fourth-order valence-corrected chi connectivity index (χ4v) is 1.31. The molecule has 4 heteroatoms. The number of ketones is 1. The third-order valence-corrected chi connectivity index (χ3v) is 2.07. The summed E-state index contributed by atoms with van der Waals surface area (Å²) in [6, 6.07) is 1.36. The van der Waals surface area contributed by atoms with Gasteiger partial charge in [-0.2, -0.15) is 0 Å². The van der Waals surface area contributed by atoms with Gasteiger partial charge >= 0.3 is 0 Å². The summed E-state index contributed by atoms with van der Waals surface area (Å²) in [5.74, 6) is -0.987. The highest BCUT2D eigenvalue weighted by Gasteiger charge is 2.30. The standard InChI is InChI=1S/C11H14FNO2/c1-4-15-11(2,3)10(14)8-5-6-13-7-9(8)12/h5-7H,4H2,1-3H3. The third-order valence-electron chi connectivity index (χ3n) is 2.07. The van der Waals surface area contributed by atoms with Gasteiger partial charge in [0.05, 0.1) is 11.8 Å². The van der Waals surface area contributed by atoms with Crippen LogP contribution in [0.15, 0.2) is 18.5 Å². The molecule has 0 unspecified atom stereocenters. The van der Waals surface area contributed by atoms with Crippen LogP contribution in [0.4, 0.5) is 4.39 Å². The fraction of sp³-hybridized carbons (Fsp3) is 0.455. The molecule has 1 rings (SSSR count). The molecule has 0 radical (unpaired) electrons. The van der Waals surface area contributed by atoms with Crippen LogP contribution in [-0.4, -0.2) is 23.0 Å². The quantitative estimate of drug-likeness (QED) is 0.717. The van der Waals surface area contributed by atoms with E-state index >= 15 is 0 Å². The molecule has 1 heterocycles. The van der Waals surface area contributed by atoms with Crippen molar-refractivity contribution in [2.45, 2.75) is 26.4 Å². The van der Waals surface area contributed by atoms with E-state index in [1.54, 1.807) is 20.8 Å². The average molecular weight is 211 g/mol. The van der Waals surface area contributed by atoms with Gasteiger partial charge in [-0.05, 0) is 26.8 Å². The van der Waals surface area contributed by atoms with E-state index in [1.807, 2.05) is 0 Å². The van der Waals surface area contributed by atoms with Crippen molar-refractivity contribution in [1.29, 1.82) is 0 Å². The molecular weight excluding hydrogens is 197 g/mol. The van der Waals surface area contributed by atoms with E-state index in [0.29, 0.717) is 6.61 Å². The molecule has 15 heavy (non-hydrogen) atoms. The predicted octanol–water partition coefficient (Wildman–Crippen LogP) is 2.22. The van der Waals surface area contributed by atoms with Gasteiger partial charge in [-0.15, -0.1) is 0 Å². The second kappa shape index (κ2) is 4.49. The number of nitrogens with zero attached hydrogens (tertiary/aromatic N) is 1. The van der Waals surface area contributed by atoms with Crippen LogP contribution in [0.1, 0.15) is 31.1 Å². The highest BCUT2D eigenvalue weighted by molar-refractivity contribution is 6.02. The topological polar surface area (TPSA) is 39.2 Å². The number of Topliss-reactive ketones (excluding diaryl/α,β-unsaturated/α-hetero) is 1. The second-order valence-electron chi connectivity index (χ2n) is 3.63. The van der Waals surface area contributed by atoms with Crippen LogP contribution in [-0.2, 0) is 4.74 Å². The first-order valence-electron chi connectivity index (χ1n) is 4.77. The van der Waals surface area contributed by atoms with Crippen molar-refractivity contribution >= 4 is 5.78 Å². The van der Waals surface area contributed by atoms with Crippen LogP contribution in [0.5, 0.6) is 0 Å². The van der Waals surface area contributed by atoms with Gasteiger partial charge in [-0.25, -0.2) is 4.39 Å². The van der Waals surface area contributed by atoms with Crippen LogP contribution < -0.4 is 0 Å². The molecule has 0 amide bonds. The number of carbonyl (C=O) groups is 1. The molecule has 0 N–H and O–H groups in total. The molecule has 0 aromatic carbocycles. The van der Waals surface area contributed by atoms with Gasteiger partial charge in [-0.3, -0.25) is 9.78 Å². The van der Waals surface area contributed by atoms with Gasteiger partial charge in [0.15, 0.2) is 11.6 Å². The lowest BCUT2D eigenvalue weighted by Gasteiger charge is -2.22. The lowest BCUT2D eigenvalue weighted by Crippen LogP contribution is -2.35. The summed E-state index contributed by atoms with van der Waals surface area (Å²) < 4.78 is 18.5. The highest BCUT2D eigenvalue weighted by atomic mass is 19.1. The SMILES string of the molecule is CCOC(C)(C)C(=O)c1ccncc1F. The molecule has 0 saturated heterocycles. The van der Waals surface area contributed by atoms with E-state index in [1.165, 1.54) is 12.3 Å². The van der Waals surface area contributed by atoms with Crippen molar-refractivity contribution in [2.75, 3.05) is 6.61 Å². The number of carbonyl (C=O) groups excluding carboxylic acids is 1. The summed E-state index contributed by atoms with van der Waals surface area (Å²) in [6.07, 6.45) is 2.41. The first-order valence-corrected chi connectivity index (χ1v) is 4.77. The van der Waals surface area contributed by atoms with Crippen molar-refractivity contribution < 1.29 is 13.9 Å². The first kappa shape index (κ1) is 11.8. The molecule has 0 fully saturated rings. The average Bonchev–Trinajstić information content (AvgIpc) is 2.17. The smallest absolute Gasteiger partial charge is 0.197 e. The molecule has 0 aliphatic rings. The lowest BCUT2D eigenvalue weighted by molar-refractivity contribution is 0.000943. The molecule has 0 aliphatic heterocycles. The fourth-order valence-electron chi connectivity index (χ4n) is 1.31. The van der Waals surface area contributed by atoms with E-state index in [2.05, 4.69) is 4.98 Å². The summed E-state index contributed by atoms with van der Waals surface area (Å²) in [5, 5.41) is 0. The summed E-state index contributed by atoms with van der Waals surface area (Å²) in [5.41, 5.74) is -0.986. The van der Waals surface area contributed by atoms with Crippen LogP contribution >= 0.6 is 0 Å². The molecule has 0 saturated carbocycles. The normalized spacial score (nSPS) is 11.5. The largest absolute Gasteiger partial charge is 0.368 e. The van der Waals surface area contributed by atoms with Gasteiger partial charge < -0.3 is 4.74 Å². The van der Waals surface area contributed by atoms with Crippen LogP contribution in [0.3, 0.4) is 0 Å². The molecule has 1 aromatic heterocycles. The zero-order valence-corrected chi connectivity index (χ0v) is 9.08. The maximum absolute atomic E-state index is 13.3. The number of halogens is 1. The Bertz CT molecular complexity index is 363. The minimum atomic E-state index is -1.00. The summed E-state index contributed by atoms with van der Waals surface area (Å²) in [6.45, 7) is 5.45. The number of hydrogen-bond donors (Lipinski definition) is 0. The van der Waals surface area contributed by atoms with Crippen molar-refractivity contribution in [3.05, 3.63) is 29.8 Å². The number of pyridine rings is 1. The Morgan fingerprint density at radius 1 is 1.60 bits per heavy atom. The lowest BCUT2D eigenvalue weighted by atomic mass is 9.97. The third kappa shape index (κ3) is 2.59. The summed E-state index contributed by atoms with van der Waals surface area (Å²) >= 11 is 0. The van der Waals surface area contributed by atoms with Gasteiger partial charge in [0.25, 0.3) is 0 Å². The number of rotatable bonds is 4. The van der Waals surface area contributed by atoms with Gasteiger partial charge in [0.1, 0.15) is 5.60 Å². The van der Waals surface area contributed by atoms with E-state index in [0.717, 1.165) is 6.20 Å². The molecule has 1 aromatic rings. The van der Waals surface area contributed by atoms with Gasteiger partial charge in [0.2, 0.25) is 0 Å². The van der Waals surface area contributed by atoms with Crippen LogP contribution in [0.25, 0.3) is 0 Å². The Kier molecular flexibility index (Phi) is 3.52. The first-order chi connectivity index (χ1) is 6.99. The molecule has 82 valence electrons. The Labute approximate surface area is 88.3 Å². The minimum Gasteiger partial charge on any atom is -0.368 e. The zero-order chi connectivity index (χ0) is 11.5. The van der Waals surface area contributed by atoms with Crippen LogP contribution in [0.2, 0.25) is 0 Å². The molecule has 0 atom stereocenters. The van der Waals surface area contributed by atoms with E-state index in [4.69, 9.17) is 4.74 Å². The Hall–Kier alpha value is -1.29. The molecule has 0 spiro atoms. The van der Waals surface area contributed by atoms with Gasteiger partial charge in [-0.1, -0.05) is 0 Å². The maximum atomic E-state index is 13.3. The van der Waals surface area contributed by atoms with Crippen molar-refractivity contribution in [3.8, 4) is 0 Å². The maximum Gasteiger partial charge on any atom is 0.197 e. The molecule has 0 aliphatic carbocycles. The van der Waals surface area contributed by atoms with Crippen molar-refractivity contribution in [3.63, 3.8) is 0 Å². The summed E-state index contributed by atoms with van der Waals surface area (Å²) in [4.78, 5) is 15.5. The highest BCUT2D eigenvalue weighted by Crippen LogP contribution is 2.18. The zero-order valence-electron chi connectivity index (χ0n) is 9.08. The van der Waals surface area contributed by atoms with Gasteiger partial charge in [0, 0.05) is 12.8 Å². The second-order valence-corrected chi connectivity index (χ2v) is 3.63. The monoisotopic (exact) mass is 211 g/mol. The molecular formula is C11H14FNO2. The Morgan fingerprint density at radius 2 is 2.27 bits per heavy atom. The number of aromatic nitrogens is 1. The molecule has 3 nitrogen and oxygen atoms in total. The minimum absolute atomic E-state index is 0.0171. The Morgan fingerprint density at radius 3 is 2.80 bits per heavy atom. The van der Waals surface area contributed by atoms with E-state index in [9.17, 15) is 9.18 Å². The van der Waals surface area contributed by atoms with Crippen LogP contribution in [0, 0.1) is 5.82 Å². The van der Waals surface area contributed by atoms with Crippen molar-refractivity contribution in [2.24, 2.45) is 0 Å². The number of ether oxygens (including phenoxy) is 1. The van der Waals surface area contributed by atoms with Crippen molar-refractivity contribution in [1.82, 2.24) is 4.98 Å². The molecule has 0 bridgehead atoms. The summed E-state index contributed by atoms with van der Waals surface area (Å²) in [7, 11) is 0. The van der Waals surface area contributed by atoms with E-state index in [-0.39, 0.29) is 11.3 Å². The number of hydrogen-bond acceptors (Lipinski definition) is 3.